The second kappa shape index (κ2) is 11.5. The van der Waals surface area contributed by atoms with Crippen LogP contribution in [0.15, 0.2) is 42.7 Å². The molecule has 1 rings (SSSR count). The molecule has 0 amide bonds. The van der Waals surface area contributed by atoms with E-state index < -0.39 is 5.79 Å². The average Bonchev–Trinajstić information content (AvgIpc) is 2.53. The summed E-state index contributed by atoms with van der Waals surface area (Å²) in [5.41, 5.74) is 3.14. The summed E-state index contributed by atoms with van der Waals surface area (Å²) in [6.07, 6.45) is 4.65. The largest absolute Gasteiger partial charge is 0.462 e. The summed E-state index contributed by atoms with van der Waals surface area (Å²) in [6, 6.07) is 5.32. The third-order valence-corrected chi connectivity index (χ3v) is 3.61. The molecule has 0 aliphatic rings. The van der Waals surface area contributed by atoms with Crippen LogP contribution in [0.4, 0.5) is 0 Å². The van der Waals surface area contributed by atoms with E-state index in [0.717, 1.165) is 12.0 Å². The molecule has 7 heteroatoms. The molecule has 0 aliphatic carbocycles. The third kappa shape index (κ3) is 9.26. The smallest absolute Gasteiger partial charge is 0.225 e. The number of hydrogen-bond acceptors (Lipinski definition) is 5. The Morgan fingerprint density at radius 3 is 2.56 bits per heavy atom. The van der Waals surface area contributed by atoms with Gasteiger partial charge in [0.15, 0.2) is 0 Å². The van der Waals surface area contributed by atoms with E-state index in [9.17, 15) is 0 Å². The van der Waals surface area contributed by atoms with Crippen molar-refractivity contribution in [3.8, 4) is 0 Å². The summed E-state index contributed by atoms with van der Waals surface area (Å²) in [6.45, 7) is 10.2. The van der Waals surface area contributed by atoms with Gasteiger partial charge in [0.2, 0.25) is 5.79 Å². The first-order valence-corrected chi connectivity index (χ1v) is 8.71. The van der Waals surface area contributed by atoms with Gasteiger partial charge >= 0.3 is 0 Å². The Morgan fingerprint density at radius 2 is 1.92 bits per heavy atom. The molecule has 0 radical (unpaired) electrons. The van der Waals surface area contributed by atoms with Gasteiger partial charge < -0.3 is 9.47 Å². The summed E-state index contributed by atoms with van der Waals surface area (Å²) in [4.78, 5) is 10.4. The summed E-state index contributed by atoms with van der Waals surface area (Å²) >= 11 is 12.1. The van der Waals surface area contributed by atoms with Crippen molar-refractivity contribution in [2.24, 2.45) is 0 Å². The maximum absolute atomic E-state index is 6.06. The van der Waals surface area contributed by atoms with Gasteiger partial charge in [-0.25, -0.2) is 4.84 Å². The van der Waals surface area contributed by atoms with Gasteiger partial charge in [0.05, 0.1) is 19.8 Å². The van der Waals surface area contributed by atoms with Gasteiger partial charge in [0, 0.05) is 29.5 Å². The zero-order chi connectivity index (χ0) is 18.7. The van der Waals surface area contributed by atoms with Gasteiger partial charge in [0.25, 0.3) is 0 Å². The van der Waals surface area contributed by atoms with E-state index in [-0.39, 0.29) is 6.61 Å². The molecule has 0 saturated carbocycles. The highest BCUT2D eigenvalue weighted by atomic mass is 35.5. The Kier molecular flexibility index (Phi) is 10.1. The fourth-order valence-corrected chi connectivity index (χ4v) is 2.24. The molecular formula is C18H25Cl2NO4. The second-order valence-electron chi connectivity index (χ2n) is 5.57. The molecule has 1 aromatic carbocycles. The highest BCUT2D eigenvalue weighted by molar-refractivity contribution is 6.35. The molecule has 140 valence electrons. The molecule has 0 unspecified atom stereocenters. The van der Waals surface area contributed by atoms with Gasteiger partial charge in [-0.1, -0.05) is 54.5 Å². The zero-order valence-corrected chi connectivity index (χ0v) is 16.3. The molecule has 0 bridgehead atoms. The van der Waals surface area contributed by atoms with Crippen molar-refractivity contribution in [2.45, 2.75) is 39.6 Å². The van der Waals surface area contributed by atoms with Gasteiger partial charge in [-0.3, -0.25) is 4.84 Å². The van der Waals surface area contributed by atoms with Gasteiger partial charge in [-0.2, -0.15) is 0 Å². The maximum atomic E-state index is 6.06. The molecule has 0 aliphatic heterocycles. The Morgan fingerprint density at radius 1 is 1.24 bits per heavy atom. The van der Waals surface area contributed by atoms with Crippen LogP contribution in [0, 0.1) is 0 Å². The van der Waals surface area contributed by atoms with Crippen LogP contribution < -0.4 is 5.64 Å². The predicted molar refractivity (Wildman–Crippen MR) is 100 cm³/mol. The van der Waals surface area contributed by atoms with Crippen molar-refractivity contribution in [1.82, 2.24) is 5.64 Å². The van der Waals surface area contributed by atoms with Crippen LogP contribution in [0.1, 0.15) is 32.8 Å². The van der Waals surface area contributed by atoms with Crippen molar-refractivity contribution in [3.63, 3.8) is 0 Å². The number of rotatable bonds is 12. The van der Waals surface area contributed by atoms with E-state index in [4.69, 9.17) is 42.4 Å². The van der Waals surface area contributed by atoms with Crippen LogP contribution in [0.2, 0.25) is 10.0 Å². The summed E-state index contributed by atoms with van der Waals surface area (Å²) in [5.74, 6) is -0.421. The molecular weight excluding hydrogens is 365 g/mol. The van der Waals surface area contributed by atoms with Gasteiger partial charge in [-0.15, -0.1) is 0 Å². The number of benzene rings is 1. The van der Waals surface area contributed by atoms with Crippen LogP contribution in [0.3, 0.4) is 0 Å². The van der Waals surface area contributed by atoms with Crippen LogP contribution in [0.5, 0.6) is 0 Å². The van der Waals surface area contributed by atoms with E-state index in [2.05, 4.69) is 12.2 Å². The molecule has 0 atom stereocenters. The average molecular weight is 390 g/mol. The first-order chi connectivity index (χ1) is 11.9. The Hall–Kier alpha value is -1.08. The Bertz CT molecular complexity index is 556. The lowest BCUT2D eigenvalue weighted by Crippen LogP contribution is -2.35. The number of hydrogen-bond donors (Lipinski definition) is 1. The number of halogens is 2. The summed E-state index contributed by atoms with van der Waals surface area (Å²) in [7, 11) is 0. The summed E-state index contributed by atoms with van der Waals surface area (Å²) < 4.78 is 11.0. The number of nitrogens with one attached hydrogen (secondary N) is 1. The molecule has 0 aromatic heterocycles. The Balaban J connectivity index is 2.17. The molecule has 0 saturated heterocycles. The van der Waals surface area contributed by atoms with Crippen LogP contribution >= 0.6 is 23.2 Å². The standard InChI is InChI=1S/C18H25Cl2NO4/c1-5-6-8-14(2)24-18(3,4)25-21-23-12-11-22-13-15-16(19)9-7-10-17(15)20/h6-10,21H,2,5,11-13H2,1,3-4H3/b8-6-. The molecule has 1 aromatic rings. The van der Waals surface area contributed by atoms with E-state index in [1.165, 1.54) is 0 Å². The van der Waals surface area contributed by atoms with Crippen molar-refractivity contribution >= 4 is 23.2 Å². The van der Waals surface area contributed by atoms with E-state index in [1.807, 2.05) is 13.0 Å². The lowest BCUT2D eigenvalue weighted by atomic mass is 10.2. The van der Waals surface area contributed by atoms with E-state index in [0.29, 0.717) is 29.0 Å². The topological polar surface area (TPSA) is 49.0 Å². The SMILES string of the molecule is C=C(/C=C\CC)OC(C)(C)ONOCCOCc1c(Cl)cccc1Cl. The fraction of sp³-hybridized carbons (Fsp3) is 0.444. The molecule has 5 nitrogen and oxygen atoms in total. The lowest BCUT2D eigenvalue weighted by Gasteiger charge is -2.25. The zero-order valence-electron chi connectivity index (χ0n) is 14.8. The van der Waals surface area contributed by atoms with Crippen LogP contribution in [-0.2, 0) is 25.8 Å². The molecule has 0 spiro atoms. The van der Waals surface area contributed by atoms with Crippen molar-refractivity contribution in [1.29, 1.82) is 0 Å². The van der Waals surface area contributed by atoms with Crippen LogP contribution in [-0.4, -0.2) is 19.0 Å². The normalized spacial score (nSPS) is 11.9. The van der Waals surface area contributed by atoms with E-state index >= 15 is 0 Å². The monoisotopic (exact) mass is 389 g/mol. The van der Waals surface area contributed by atoms with Crippen molar-refractivity contribution < 1.29 is 19.1 Å². The highest BCUT2D eigenvalue weighted by Gasteiger charge is 2.21. The first kappa shape index (κ1) is 22.0. The minimum Gasteiger partial charge on any atom is -0.462 e. The number of ether oxygens (including phenoxy) is 2. The third-order valence-electron chi connectivity index (χ3n) is 2.90. The maximum Gasteiger partial charge on any atom is 0.225 e. The molecule has 1 N–H and O–H groups in total. The number of allylic oxidation sites excluding steroid dienone is 2. The Labute approximate surface area is 159 Å². The minimum atomic E-state index is -0.929. The quantitative estimate of drug-likeness (QED) is 0.175. The molecule has 0 fully saturated rings. The summed E-state index contributed by atoms with van der Waals surface area (Å²) in [5, 5.41) is 1.15. The highest BCUT2D eigenvalue weighted by Crippen LogP contribution is 2.24. The minimum absolute atomic E-state index is 0.273. The first-order valence-electron chi connectivity index (χ1n) is 7.95. The molecule has 25 heavy (non-hydrogen) atoms. The van der Waals surface area contributed by atoms with E-state index in [1.54, 1.807) is 38.1 Å². The van der Waals surface area contributed by atoms with Crippen LogP contribution in [0.25, 0.3) is 0 Å². The van der Waals surface area contributed by atoms with Crippen molar-refractivity contribution in [2.75, 3.05) is 13.2 Å². The second-order valence-corrected chi connectivity index (χ2v) is 6.38. The fourth-order valence-electron chi connectivity index (χ4n) is 1.74. The van der Waals surface area contributed by atoms with Gasteiger partial charge in [0.1, 0.15) is 5.76 Å². The lowest BCUT2D eigenvalue weighted by molar-refractivity contribution is -0.302. The predicted octanol–water partition coefficient (Wildman–Crippen LogP) is 5.20. The van der Waals surface area contributed by atoms with Crippen molar-refractivity contribution in [3.05, 3.63) is 58.3 Å². The molecule has 0 heterocycles. The van der Waals surface area contributed by atoms with Gasteiger partial charge in [-0.05, 0) is 24.6 Å².